The van der Waals surface area contributed by atoms with Crippen molar-refractivity contribution in [3.8, 4) is 0 Å². The Morgan fingerprint density at radius 1 is 1.31 bits per heavy atom. The maximum absolute atomic E-state index is 5.76. The third-order valence-electron chi connectivity index (χ3n) is 1.90. The fourth-order valence-corrected chi connectivity index (χ4v) is 1.23. The number of benzene rings is 1. The van der Waals surface area contributed by atoms with Gasteiger partial charge in [-0.1, -0.05) is 30.7 Å². The van der Waals surface area contributed by atoms with Crippen molar-refractivity contribution >= 4 is 24.0 Å². The Hall–Kier alpha value is -0.240. The van der Waals surface area contributed by atoms with Gasteiger partial charge in [0.15, 0.2) is 0 Å². The molecule has 1 atom stereocenters. The van der Waals surface area contributed by atoms with Gasteiger partial charge in [-0.25, -0.2) is 0 Å². The molecule has 13 heavy (non-hydrogen) atoms. The van der Waals surface area contributed by atoms with E-state index in [4.69, 9.17) is 17.3 Å². The lowest BCUT2D eigenvalue weighted by Crippen LogP contribution is -2.12. The van der Waals surface area contributed by atoms with Gasteiger partial charge in [0.1, 0.15) is 0 Å². The van der Waals surface area contributed by atoms with E-state index in [1.807, 2.05) is 12.1 Å². The van der Waals surface area contributed by atoms with E-state index < -0.39 is 0 Å². The zero-order valence-electron chi connectivity index (χ0n) is 7.66. The van der Waals surface area contributed by atoms with Crippen molar-refractivity contribution in [2.75, 3.05) is 6.54 Å². The SMILES string of the molecule is CC(CN)Cc1ccc(Cl)cc1.Cl. The van der Waals surface area contributed by atoms with E-state index in [-0.39, 0.29) is 12.4 Å². The van der Waals surface area contributed by atoms with Crippen LogP contribution in [0.25, 0.3) is 0 Å². The van der Waals surface area contributed by atoms with Gasteiger partial charge in [0.05, 0.1) is 0 Å². The van der Waals surface area contributed by atoms with Gasteiger partial charge in [-0.05, 0) is 36.6 Å². The average molecular weight is 220 g/mol. The van der Waals surface area contributed by atoms with Crippen molar-refractivity contribution < 1.29 is 0 Å². The molecule has 1 aromatic rings. The second kappa shape index (κ2) is 6.25. The summed E-state index contributed by atoms with van der Waals surface area (Å²) in [6, 6.07) is 7.93. The van der Waals surface area contributed by atoms with Gasteiger partial charge >= 0.3 is 0 Å². The third-order valence-corrected chi connectivity index (χ3v) is 2.15. The van der Waals surface area contributed by atoms with E-state index in [2.05, 4.69) is 19.1 Å². The molecule has 0 bridgehead atoms. The molecular weight excluding hydrogens is 205 g/mol. The number of nitrogens with two attached hydrogens (primary N) is 1. The minimum atomic E-state index is 0. The number of halogens is 2. The van der Waals surface area contributed by atoms with E-state index in [0.29, 0.717) is 5.92 Å². The van der Waals surface area contributed by atoms with Crippen molar-refractivity contribution in [2.45, 2.75) is 13.3 Å². The number of rotatable bonds is 3. The van der Waals surface area contributed by atoms with Crippen LogP contribution in [0.3, 0.4) is 0 Å². The largest absolute Gasteiger partial charge is 0.330 e. The van der Waals surface area contributed by atoms with Crippen LogP contribution in [-0.2, 0) is 6.42 Å². The molecule has 0 fully saturated rings. The number of hydrogen-bond acceptors (Lipinski definition) is 1. The van der Waals surface area contributed by atoms with Gasteiger partial charge in [-0.3, -0.25) is 0 Å². The molecule has 0 aromatic heterocycles. The first kappa shape index (κ1) is 12.8. The Bertz CT molecular complexity index is 233. The average Bonchev–Trinajstić information content (AvgIpc) is 2.09. The Balaban J connectivity index is 0.00000144. The first-order valence-electron chi connectivity index (χ1n) is 4.17. The van der Waals surface area contributed by atoms with E-state index in [1.165, 1.54) is 5.56 Å². The molecule has 0 spiro atoms. The van der Waals surface area contributed by atoms with Crippen molar-refractivity contribution in [1.82, 2.24) is 0 Å². The molecule has 0 aliphatic heterocycles. The summed E-state index contributed by atoms with van der Waals surface area (Å²) in [5, 5.41) is 0.791. The summed E-state index contributed by atoms with van der Waals surface area (Å²) in [6.07, 6.45) is 1.04. The van der Waals surface area contributed by atoms with Crippen LogP contribution in [0.5, 0.6) is 0 Å². The van der Waals surface area contributed by atoms with Crippen LogP contribution >= 0.6 is 24.0 Å². The minimum Gasteiger partial charge on any atom is -0.330 e. The summed E-state index contributed by atoms with van der Waals surface area (Å²) in [6.45, 7) is 2.89. The molecule has 2 N–H and O–H groups in total. The minimum absolute atomic E-state index is 0. The van der Waals surface area contributed by atoms with Crippen LogP contribution in [0.4, 0.5) is 0 Å². The molecule has 0 saturated heterocycles. The first-order chi connectivity index (χ1) is 5.72. The Morgan fingerprint density at radius 2 is 1.85 bits per heavy atom. The maximum Gasteiger partial charge on any atom is 0.0406 e. The van der Waals surface area contributed by atoms with E-state index in [1.54, 1.807) is 0 Å². The lowest BCUT2D eigenvalue weighted by molar-refractivity contribution is 0.593. The molecule has 1 rings (SSSR count). The molecule has 0 aliphatic rings. The zero-order valence-corrected chi connectivity index (χ0v) is 9.24. The molecule has 0 aliphatic carbocycles. The molecule has 1 aromatic carbocycles. The fourth-order valence-electron chi connectivity index (χ4n) is 1.11. The smallest absolute Gasteiger partial charge is 0.0406 e. The van der Waals surface area contributed by atoms with Gasteiger partial charge < -0.3 is 5.73 Å². The molecule has 0 heterocycles. The topological polar surface area (TPSA) is 26.0 Å². The monoisotopic (exact) mass is 219 g/mol. The summed E-state index contributed by atoms with van der Waals surface area (Å²) in [5.41, 5.74) is 6.83. The summed E-state index contributed by atoms with van der Waals surface area (Å²) >= 11 is 5.76. The molecule has 0 amide bonds. The lowest BCUT2D eigenvalue weighted by Gasteiger charge is -2.07. The van der Waals surface area contributed by atoms with Crippen LogP contribution in [0.15, 0.2) is 24.3 Å². The standard InChI is InChI=1S/C10H14ClN.ClH/c1-8(7-12)6-9-2-4-10(11)5-3-9;/h2-5,8H,6-7,12H2,1H3;1H. The highest BCUT2D eigenvalue weighted by Gasteiger charge is 2.00. The highest BCUT2D eigenvalue weighted by molar-refractivity contribution is 6.30. The molecule has 3 heteroatoms. The summed E-state index contributed by atoms with van der Waals surface area (Å²) in [7, 11) is 0. The van der Waals surface area contributed by atoms with Crippen LogP contribution < -0.4 is 5.73 Å². The van der Waals surface area contributed by atoms with Crippen LogP contribution in [-0.4, -0.2) is 6.54 Å². The highest BCUT2D eigenvalue weighted by atomic mass is 35.5. The van der Waals surface area contributed by atoms with Crippen LogP contribution in [0.2, 0.25) is 5.02 Å². The van der Waals surface area contributed by atoms with Crippen molar-refractivity contribution in [3.05, 3.63) is 34.9 Å². The molecular formula is C10H15Cl2N. The highest BCUT2D eigenvalue weighted by Crippen LogP contribution is 2.12. The van der Waals surface area contributed by atoms with Crippen LogP contribution in [0.1, 0.15) is 12.5 Å². The van der Waals surface area contributed by atoms with E-state index in [0.717, 1.165) is 18.0 Å². The second-order valence-corrected chi connectivity index (χ2v) is 3.61. The Morgan fingerprint density at radius 3 is 2.31 bits per heavy atom. The van der Waals surface area contributed by atoms with E-state index >= 15 is 0 Å². The quantitative estimate of drug-likeness (QED) is 0.832. The van der Waals surface area contributed by atoms with Crippen molar-refractivity contribution in [1.29, 1.82) is 0 Å². The van der Waals surface area contributed by atoms with Gasteiger partial charge in [0.2, 0.25) is 0 Å². The molecule has 0 radical (unpaired) electrons. The number of hydrogen-bond donors (Lipinski definition) is 1. The normalized spacial score (nSPS) is 11.9. The Labute approximate surface area is 90.7 Å². The molecule has 74 valence electrons. The van der Waals surface area contributed by atoms with Crippen LogP contribution in [0, 0.1) is 5.92 Å². The predicted molar refractivity (Wildman–Crippen MR) is 60.6 cm³/mol. The zero-order chi connectivity index (χ0) is 8.97. The maximum atomic E-state index is 5.76. The molecule has 1 unspecified atom stereocenters. The van der Waals surface area contributed by atoms with Gasteiger partial charge in [-0.2, -0.15) is 0 Å². The molecule has 1 nitrogen and oxygen atoms in total. The summed E-state index contributed by atoms with van der Waals surface area (Å²) in [5.74, 6) is 0.547. The summed E-state index contributed by atoms with van der Waals surface area (Å²) < 4.78 is 0. The van der Waals surface area contributed by atoms with Gasteiger partial charge in [0, 0.05) is 5.02 Å². The van der Waals surface area contributed by atoms with Crippen molar-refractivity contribution in [2.24, 2.45) is 11.7 Å². The van der Waals surface area contributed by atoms with Crippen molar-refractivity contribution in [3.63, 3.8) is 0 Å². The Kier molecular flexibility index (Phi) is 6.13. The fraction of sp³-hybridized carbons (Fsp3) is 0.400. The lowest BCUT2D eigenvalue weighted by atomic mass is 10.0. The summed E-state index contributed by atoms with van der Waals surface area (Å²) in [4.78, 5) is 0. The third kappa shape index (κ3) is 4.51. The van der Waals surface area contributed by atoms with Gasteiger partial charge in [-0.15, -0.1) is 12.4 Å². The second-order valence-electron chi connectivity index (χ2n) is 3.17. The van der Waals surface area contributed by atoms with E-state index in [9.17, 15) is 0 Å². The first-order valence-corrected chi connectivity index (χ1v) is 4.54. The molecule has 0 saturated carbocycles. The predicted octanol–water partition coefficient (Wildman–Crippen LogP) is 2.90. The van der Waals surface area contributed by atoms with Gasteiger partial charge in [0.25, 0.3) is 0 Å².